The third kappa shape index (κ3) is 4.04. The lowest BCUT2D eigenvalue weighted by Crippen LogP contribution is -2.49. The summed E-state index contributed by atoms with van der Waals surface area (Å²) in [4.78, 5) is 29.5. The maximum atomic E-state index is 13.9. The minimum Gasteiger partial charge on any atom is -0.368 e. The van der Waals surface area contributed by atoms with Crippen LogP contribution in [0.3, 0.4) is 0 Å². The largest absolute Gasteiger partial charge is 0.368 e. The first-order valence-corrected chi connectivity index (χ1v) is 10.6. The van der Waals surface area contributed by atoms with Crippen LogP contribution >= 0.6 is 0 Å². The number of hydrogen-bond donors (Lipinski definition) is 1. The highest BCUT2D eigenvalue weighted by atomic mass is 19.1. The molecular formula is C24H28FN3O2. The molecule has 1 aliphatic heterocycles. The van der Waals surface area contributed by atoms with Gasteiger partial charge in [-0.3, -0.25) is 9.59 Å². The molecule has 2 aromatic carbocycles. The second-order valence-electron chi connectivity index (χ2n) is 8.50. The van der Waals surface area contributed by atoms with E-state index in [0.29, 0.717) is 37.8 Å². The van der Waals surface area contributed by atoms with E-state index < -0.39 is 5.82 Å². The van der Waals surface area contributed by atoms with Gasteiger partial charge in [0.15, 0.2) is 0 Å². The third-order valence-corrected chi connectivity index (χ3v) is 6.40. The van der Waals surface area contributed by atoms with Crippen LogP contribution in [-0.2, 0) is 4.79 Å². The van der Waals surface area contributed by atoms with Gasteiger partial charge in [-0.2, -0.15) is 0 Å². The number of rotatable bonds is 4. The Hall–Kier alpha value is -2.89. The Morgan fingerprint density at radius 2 is 1.77 bits per heavy atom. The summed E-state index contributed by atoms with van der Waals surface area (Å²) in [6.07, 6.45) is 0.858. The molecule has 2 fully saturated rings. The van der Waals surface area contributed by atoms with Gasteiger partial charge in [0.25, 0.3) is 5.91 Å². The summed E-state index contributed by atoms with van der Waals surface area (Å²) in [7, 11) is 0. The number of nitrogens with one attached hydrogen (secondary N) is 1. The maximum absolute atomic E-state index is 13.9. The second kappa shape index (κ2) is 8.09. The molecule has 30 heavy (non-hydrogen) atoms. The van der Waals surface area contributed by atoms with Gasteiger partial charge in [-0.25, -0.2) is 4.39 Å². The molecule has 0 bridgehead atoms. The van der Waals surface area contributed by atoms with Gasteiger partial charge in [0.05, 0.1) is 11.3 Å². The van der Waals surface area contributed by atoms with Crippen LogP contribution in [0.5, 0.6) is 0 Å². The number of nitrogens with zero attached hydrogens (tertiary/aromatic N) is 2. The van der Waals surface area contributed by atoms with Crippen molar-refractivity contribution in [1.82, 2.24) is 4.90 Å². The summed E-state index contributed by atoms with van der Waals surface area (Å²) in [6.45, 7) is 8.77. The van der Waals surface area contributed by atoms with Crippen LogP contribution in [0, 0.1) is 31.5 Å². The summed E-state index contributed by atoms with van der Waals surface area (Å²) >= 11 is 0. The summed E-state index contributed by atoms with van der Waals surface area (Å²) in [5.41, 5.74) is 4.30. The van der Waals surface area contributed by atoms with Crippen molar-refractivity contribution in [3.05, 3.63) is 58.9 Å². The van der Waals surface area contributed by atoms with E-state index in [4.69, 9.17) is 0 Å². The number of carbonyl (C=O) groups is 2. The van der Waals surface area contributed by atoms with E-state index in [-0.39, 0.29) is 23.3 Å². The van der Waals surface area contributed by atoms with E-state index in [1.807, 2.05) is 6.92 Å². The van der Waals surface area contributed by atoms with Crippen molar-refractivity contribution in [2.45, 2.75) is 27.2 Å². The molecule has 1 heterocycles. The average molecular weight is 410 g/mol. The predicted molar refractivity (Wildman–Crippen MR) is 116 cm³/mol. The predicted octanol–water partition coefficient (Wildman–Crippen LogP) is 4.00. The summed E-state index contributed by atoms with van der Waals surface area (Å²) in [5, 5.41) is 2.83. The molecule has 4 rings (SSSR count). The normalized spacial score (nSPS) is 20.8. The van der Waals surface area contributed by atoms with E-state index in [9.17, 15) is 14.0 Å². The minimum absolute atomic E-state index is 0.0147. The lowest BCUT2D eigenvalue weighted by atomic mass is 10.1. The number of carbonyl (C=O) groups excluding carboxylic acids is 2. The van der Waals surface area contributed by atoms with Crippen molar-refractivity contribution >= 4 is 23.2 Å². The highest BCUT2D eigenvalue weighted by molar-refractivity contribution is 6.04. The van der Waals surface area contributed by atoms with Crippen LogP contribution in [-0.4, -0.2) is 42.9 Å². The number of piperazine rings is 1. The first kappa shape index (κ1) is 20.4. The Morgan fingerprint density at radius 3 is 2.43 bits per heavy atom. The van der Waals surface area contributed by atoms with Crippen molar-refractivity contribution < 1.29 is 14.0 Å². The van der Waals surface area contributed by atoms with E-state index in [0.717, 1.165) is 6.42 Å². The molecule has 1 saturated carbocycles. The fraction of sp³-hybridized carbons (Fsp3) is 0.417. The molecule has 0 spiro atoms. The standard InChI is InChI=1S/C24H28FN3O2/c1-15-5-4-6-22(17(15)3)27-9-11-28(12-10-27)24(30)20-14-18(25)7-8-21(20)26-23(29)19-13-16(19)2/h4-8,14,16,19H,9-13H2,1-3H3,(H,26,29)/t16-,19+/m1/s1. The Bertz CT molecular complexity index is 982. The molecule has 0 radical (unpaired) electrons. The Kier molecular flexibility index (Phi) is 5.50. The molecule has 2 aromatic rings. The average Bonchev–Trinajstić information content (AvgIpc) is 3.48. The van der Waals surface area contributed by atoms with Gasteiger partial charge in [-0.1, -0.05) is 19.1 Å². The topological polar surface area (TPSA) is 52.6 Å². The highest BCUT2D eigenvalue weighted by Crippen LogP contribution is 2.38. The van der Waals surface area contributed by atoms with E-state index >= 15 is 0 Å². The molecule has 2 aliphatic rings. The zero-order valence-electron chi connectivity index (χ0n) is 17.7. The molecule has 158 valence electrons. The zero-order valence-corrected chi connectivity index (χ0v) is 17.7. The summed E-state index contributed by atoms with van der Waals surface area (Å²) < 4.78 is 13.9. The Morgan fingerprint density at radius 1 is 1.07 bits per heavy atom. The molecule has 2 amide bonds. The van der Waals surface area contributed by atoms with Crippen LogP contribution < -0.4 is 10.2 Å². The number of aryl methyl sites for hydroxylation is 1. The fourth-order valence-corrected chi connectivity index (χ4v) is 4.11. The summed E-state index contributed by atoms with van der Waals surface area (Å²) in [6, 6.07) is 10.3. The lowest BCUT2D eigenvalue weighted by molar-refractivity contribution is -0.117. The summed E-state index contributed by atoms with van der Waals surface area (Å²) in [5.74, 6) is -0.468. The molecule has 6 heteroatoms. The number of anilines is 2. The first-order valence-electron chi connectivity index (χ1n) is 10.6. The Labute approximate surface area is 176 Å². The second-order valence-corrected chi connectivity index (χ2v) is 8.50. The molecule has 1 saturated heterocycles. The minimum atomic E-state index is -0.481. The molecule has 0 aromatic heterocycles. The third-order valence-electron chi connectivity index (χ3n) is 6.40. The molecular weight excluding hydrogens is 381 g/mol. The van der Waals surface area contributed by atoms with Crippen molar-refractivity contribution in [3.63, 3.8) is 0 Å². The van der Waals surface area contributed by atoms with Crippen LogP contribution in [0.15, 0.2) is 36.4 Å². The van der Waals surface area contributed by atoms with E-state index in [2.05, 4.69) is 42.3 Å². The van der Waals surface area contributed by atoms with Crippen molar-refractivity contribution in [2.24, 2.45) is 11.8 Å². The van der Waals surface area contributed by atoms with E-state index in [1.54, 1.807) is 4.90 Å². The van der Waals surface area contributed by atoms with Crippen LogP contribution in [0.2, 0.25) is 0 Å². The van der Waals surface area contributed by atoms with Gasteiger partial charge in [0.2, 0.25) is 5.91 Å². The van der Waals surface area contributed by atoms with Crippen molar-refractivity contribution in [3.8, 4) is 0 Å². The number of amides is 2. The van der Waals surface area contributed by atoms with Gasteiger partial charge >= 0.3 is 0 Å². The SMILES string of the molecule is Cc1cccc(N2CCN(C(=O)c3cc(F)ccc3NC(=O)[C@H]3C[C@H]3C)CC2)c1C. The molecule has 1 aliphatic carbocycles. The van der Waals surface area contributed by atoms with Gasteiger partial charge in [-0.15, -0.1) is 0 Å². The maximum Gasteiger partial charge on any atom is 0.256 e. The van der Waals surface area contributed by atoms with Crippen LogP contribution in [0.4, 0.5) is 15.8 Å². The number of hydrogen-bond acceptors (Lipinski definition) is 3. The smallest absolute Gasteiger partial charge is 0.256 e. The molecule has 1 N–H and O–H groups in total. The highest BCUT2D eigenvalue weighted by Gasteiger charge is 2.39. The van der Waals surface area contributed by atoms with E-state index in [1.165, 1.54) is 35.0 Å². The van der Waals surface area contributed by atoms with Crippen LogP contribution in [0.1, 0.15) is 34.8 Å². The van der Waals surface area contributed by atoms with Gasteiger partial charge in [0, 0.05) is 37.8 Å². The monoisotopic (exact) mass is 409 g/mol. The fourth-order valence-electron chi connectivity index (χ4n) is 4.11. The number of halogens is 1. The van der Waals surface area contributed by atoms with Gasteiger partial charge in [0.1, 0.15) is 5.82 Å². The van der Waals surface area contributed by atoms with Gasteiger partial charge < -0.3 is 15.1 Å². The Balaban J connectivity index is 1.47. The van der Waals surface area contributed by atoms with Crippen molar-refractivity contribution in [2.75, 3.05) is 36.4 Å². The van der Waals surface area contributed by atoms with Gasteiger partial charge in [-0.05, 0) is 61.6 Å². The molecule has 2 atom stereocenters. The molecule has 0 unspecified atom stereocenters. The van der Waals surface area contributed by atoms with Crippen molar-refractivity contribution in [1.29, 1.82) is 0 Å². The zero-order chi connectivity index (χ0) is 21.4. The first-order chi connectivity index (χ1) is 14.3. The molecule has 5 nitrogen and oxygen atoms in total. The number of benzene rings is 2. The van der Waals surface area contributed by atoms with Crippen LogP contribution in [0.25, 0.3) is 0 Å². The quantitative estimate of drug-likeness (QED) is 0.831. The lowest BCUT2D eigenvalue weighted by Gasteiger charge is -2.37.